The van der Waals surface area contributed by atoms with Crippen LogP contribution in [0.4, 0.5) is 22.0 Å². The van der Waals surface area contributed by atoms with Crippen molar-refractivity contribution in [1.82, 2.24) is 9.80 Å². The van der Waals surface area contributed by atoms with Crippen molar-refractivity contribution in [3.05, 3.63) is 12.4 Å². The molecule has 1 heterocycles. The van der Waals surface area contributed by atoms with Crippen LogP contribution in [0.2, 0.25) is 0 Å². The van der Waals surface area contributed by atoms with Crippen LogP contribution < -0.4 is 0 Å². The summed E-state index contributed by atoms with van der Waals surface area (Å²) in [6.07, 6.45) is -3.56. The highest BCUT2D eigenvalue weighted by Gasteiger charge is 2.56. The molecule has 0 aromatic heterocycles. The second kappa shape index (κ2) is 3.86. The van der Waals surface area contributed by atoms with Crippen molar-refractivity contribution >= 4 is 0 Å². The van der Waals surface area contributed by atoms with E-state index in [0.29, 0.717) is 6.67 Å². The van der Waals surface area contributed by atoms with E-state index in [0.717, 1.165) is 0 Å². The molecule has 7 heteroatoms. The molecular weight excluding hydrogens is 219 g/mol. The number of alkyl halides is 5. The van der Waals surface area contributed by atoms with E-state index in [2.05, 4.69) is 0 Å². The molecule has 88 valence electrons. The number of hydrogen-bond acceptors (Lipinski definition) is 2. The Kier molecular flexibility index (Phi) is 3.11. The predicted octanol–water partition coefficient (Wildman–Crippen LogP) is 2.25. The molecule has 0 N–H and O–H groups in total. The van der Waals surface area contributed by atoms with Crippen molar-refractivity contribution in [2.75, 3.05) is 20.3 Å². The molecule has 0 unspecified atom stereocenters. The quantitative estimate of drug-likeness (QED) is 0.686. The highest BCUT2D eigenvalue weighted by molar-refractivity contribution is 4.90. The molecule has 1 rings (SSSR count). The zero-order valence-corrected chi connectivity index (χ0v) is 8.06. The Hall–Kier alpha value is -1.01. The van der Waals surface area contributed by atoms with E-state index in [-0.39, 0.29) is 6.54 Å². The standard InChI is InChI=1S/C8H11F5N2/c1-14-4-5-15(6-14)3-2-7(9,10)8(11,12)13/h4-5H,2-3,6H2,1H3. The molecule has 0 spiro atoms. The SMILES string of the molecule is CN1C=CN(CCC(F)(F)C(F)(F)F)C1. The van der Waals surface area contributed by atoms with Crippen LogP contribution in [0.3, 0.4) is 0 Å². The highest BCUT2D eigenvalue weighted by atomic mass is 19.4. The number of hydrogen-bond donors (Lipinski definition) is 0. The monoisotopic (exact) mass is 230 g/mol. The molecular formula is C8H11F5N2. The van der Waals surface area contributed by atoms with Crippen LogP contribution in [-0.2, 0) is 0 Å². The van der Waals surface area contributed by atoms with Gasteiger partial charge in [-0.3, -0.25) is 0 Å². The molecule has 0 amide bonds. The van der Waals surface area contributed by atoms with Gasteiger partial charge < -0.3 is 9.80 Å². The third-order valence-electron chi connectivity index (χ3n) is 2.06. The van der Waals surface area contributed by atoms with Crippen LogP contribution in [0.15, 0.2) is 12.4 Å². The summed E-state index contributed by atoms with van der Waals surface area (Å²) in [7, 11) is 1.71. The molecule has 15 heavy (non-hydrogen) atoms. The Morgan fingerprint density at radius 1 is 1.13 bits per heavy atom. The van der Waals surface area contributed by atoms with Crippen LogP contribution in [0.1, 0.15) is 6.42 Å². The smallest absolute Gasteiger partial charge is 0.362 e. The first-order valence-corrected chi connectivity index (χ1v) is 4.29. The predicted molar refractivity (Wildman–Crippen MR) is 44.1 cm³/mol. The number of rotatable bonds is 3. The van der Waals surface area contributed by atoms with E-state index in [1.54, 1.807) is 18.1 Å². The first-order chi connectivity index (χ1) is 6.72. The van der Waals surface area contributed by atoms with Crippen LogP contribution >= 0.6 is 0 Å². The molecule has 0 radical (unpaired) electrons. The van der Waals surface area contributed by atoms with Crippen molar-refractivity contribution in [3.63, 3.8) is 0 Å². The van der Waals surface area contributed by atoms with Gasteiger partial charge in [-0.2, -0.15) is 22.0 Å². The van der Waals surface area contributed by atoms with Crippen molar-refractivity contribution < 1.29 is 22.0 Å². The van der Waals surface area contributed by atoms with Gasteiger partial charge in [0.15, 0.2) is 0 Å². The first kappa shape index (κ1) is 12.1. The summed E-state index contributed by atoms with van der Waals surface area (Å²) in [4.78, 5) is 3.09. The van der Waals surface area contributed by atoms with Gasteiger partial charge >= 0.3 is 12.1 Å². The molecule has 0 aromatic rings. The van der Waals surface area contributed by atoms with E-state index in [9.17, 15) is 22.0 Å². The summed E-state index contributed by atoms with van der Waals surface area (Å²) in [5, 5.41) is 0. The van der Waals surface area contributed by atoms with Gasteiger partial charge in [0, 0.05) is 32.4 Å². The molecule has 0 fully saturated rings. The van der Waals surface area contributed by atoms with E-state index in [4.69, 9.17) is 0 Å². The summed E-state index contributed by atoms with van der Waals surface area (Å²) in [5.74, 6) is -4.61. The topological polar surface area (TPSA) is 6.48 Å². The zero-order valence-electron chi connectivity index (χ0n) is 8.06. The summed E-state index contributed by atoms with van der Waals surface area (Å²) < 4.78 is 60.3. The number of nitrogens with zero attached hydrogens (tertiary/aromatic N) is 2. The first-order valence-electron chi connectivity index (χ1n) is 4.29. The minimum atomic E-state index is -5.46. The second-order valence-electron chi connectivity index (χ2n) is 3.46. The van der Waals surface area contributed by atoms with E-state index >= 15 is 0 Å². The number of halogens is 5. The third-order valence-corrected chi connectivity index (χ3v) is 2.06. The fourth-order valence-electron chi connectivity index (χ4n) is 1.16. The normalized spacial score (nSPS) is 17.7. The maximum Gasteiger partial charge on any atom is 0.453 e. The van der Waals surface area contributed by atoms with Crippen molar-refractivity contribution in [2.24, 2.45) is 0 Å². The molecule has 0 aliphatic carbocycles. The van der Waals surface area contributed by atoms with Crippen molar-refractivity contribution in [3.8, 4) is 0 Å². The largest absolute Gasteiger partial charge is 0.453 e. The molecule has 1 aliphatic rings. The minimum Gasteiger partial charge on any atom is -0.362 e. The van der Waals surface area contributed by atoms with Gasteiger partial charge in [-0.25, -0.2) is 0 Å². The lowest BCUT2D eigenvalue weighted by molar-refractivity contribution is -0.284. The molecule has 0 bridgehead atoms. The van der Waals surface area contributed by atoms with Gasteiger partial charge in [0.2, 0.25) is 0 Å². The van der Waals surface area contributed by atoms with Crippen LogP contribution in [-0.4, -0.2) is 42.2 Å². The van der Waals surface area contributed by atoms with E-state index < -0.39 is 18.5 Å². The van der Waals surface area contributed by atoms with Gasteiger partial charge in [0.1, 0.15) is 0 Å². The van der Waals surface area contributed by atoms with E-state index in [1.807, 2.05) is 0 Å². The zero-order chi connectivity index (χ0) is 11.7. The van der Waals surface area contributed by atoms with Crippen LogP contribution in [0.5, 0.6) is 0 Å². The minimum absolute atomic E-state index is 0.312. The summed E-state index contributed by atoms with van der Waals surface area (Å²) >= 11 is 0. The average molecular weight is 230 g/mol. The Labute approximate surface area is 83.9 Å². The van der Waals surface area contributed by atoms with Gasteiger partial charge in [0.25, 0.3) is 0 Å². The molecule has 2 nitrogen and oxygen atoms in total. The second-order valence-corrected chi connectivity index (χ2v) is 3.46. The van der Waals surface area contributed by atoms with Gasteiger partial charge in [-0.05, 0) is 0 Å². The summed E-state index contributed by atoms with van der Waals surface area (Å²) in [6.45, 7) is 0.0291. The Bertz CT molecular complexity index is 248. The van der Waals surface area contributed by atoms with Crippen LogP contribution in [0.25, 0.3) is 0 Å². The van der Waals surface area contributed by atoms with E-state index in [1.165, 1.54) is 11.1 Å². The Morgan fingerprint density at radius 2 is 1.73 bits per heavy atom. The lowest BCUT2D eigenvalue weighted by Gasteiger charge is -2.23. The molecule has 0 saturated carbocycles. The van der Waals surface area contributed by atoms with Crippen molar-refractivity contribution in [2.45, 2.75) is 18.5 Å². The van der Waals surface area contributed by atoms with Crippen LogP contribution in [0, 0.1) is 0 Å². The molecule has 0 aromatic carbocycles. The highest BCUT2D eigenvalue weighted by Crippen LogP contribution is 2.38. The van der Waals surface area contributed by atoms with Crippen molar-refractivity contribution in [1.29, 1.82) is 0 Å². The molecule has 1 aliphatic heterocycles. The fourth-order valence-corrected chi connectivity index (χ4v) is 1.16. The Balaban J connectivity index is 2.40. The molecule has 0 saturated heterocycles. The fraction of sp³-hybridized carbons (Fsp3) is 0.750. The summed E-state index contributed by atoms with van der Waals surface area (Å²) in [5.41, 5.74) is 0. The summed E-state index contributed by atoms with van der Waals surface area (Å²) in [6, 6.07) is 0. The lowest BCUT2D eigenvalue weighted by atomic mass is 10.2. The maximum absolute atomic E-state index is 12.5. The molecule has 0 atom stereocenters. The maximum atomic E-state index is 12.5. The van der Waals surface area contributed by atoms with Gasteiger partial charge in [0.05, 0.1) is 6.67 Å². The van der Waals surface area contributed by atoms with Gasteiger partial charge in [-0.1, -0.05) is 0 Å². The Morgan fingerprint density at radius 3 is 2.13 bits per heavy atom. The third kappa shape index (κ3) is 2.97. The van der Waals surface area contributed by atoms with Gasteiger partial charge in [-0.15, -0.1) is 0 Å². The average Bonchev–Trinajstić information content (AvgIpc) is 2.46. The lowest BCUT2D eigenvalue weighted by Crippen LogP contribution is -2.39.